The summed E-state index contributed by atoms with van der Waals surface area (Å²) in [7, 11) is 0. The highest BCUT2D eigenvalue weighted by atomic mass is 16.5. The summed E-state index contributed by atoms with van der Waals surface area (Å²) in [5, 5.41) is 8.83. The molecule has 0 aliphatic heterocycles. The van der Waals surface area contributed by atoms with Gasteiger partial charge < -0.3 is 14.4 Å². The summed E-state index contributed by atoms with van der Waals surface area (Å²) in [5.74, 6) is -0.233. The fourth-order valence-corrected chi connectivity index (χ4v) is 1.21. The monoisotopic (exact) mass is 211 g/mol. The molecule has 1 aromatic rings. The topological polar surface area (TPSA) is 51.5 Å². The lowest BCUT2D eigenvalue weighted by atomic mass is 10.4. The van der Waals surface area contributed by atoms with E-state index in [2.05, 4.69) is 0 Å². The maximum absolute atomic E-state index is 11.3. The number of aliphatic hydroxyl groups excluding tert-OH is 1. The lowest BCUT2D eigenvalue weighted by Gasteiger charge is -2.04. The van der Waals surface area contributed by atoms with Gasteiger partial charge in [0.1, 0.15) is 6.54 Å². The third-order valence-corrected chi connectivity index (χ3v) is 2.07. The first-order valence-corrected chi connectivity index (χ1v) is 5.17. The lowest BCUT2D eigenvalue weighted by molar-refractivity contribution is -0.144. The van der Waals surface area contributed by atoms with Crippen molar-refractivity contribution in [3.8, 4) is 0 Å². The average Bonchev–Trinajstić information content (AvgIpc) is 2.66. The summed E-state index contributed by atoms with van der Waals surface area (Å²) in [4.78, 5) is 11.3. The van der Waals surface area contributed by atoms with Crippen molar-refractivity contribution >= 4 is 5.97 Å². The van der Waals surface area contributed by atoms with Crippen molar-refractivity contribution in [3.05, 3.63) is 24.0 Å². The van der Waals surface area contributed by atoms with E-state index >= 15 is 0 Å². The maximum Gasteiger partial charge on any atom is 0.325 e. The van der Waals surface area contributed by atoms with Crippen molar-refractivity contribution in [2.75, 3.05) is 6.61 Å². The van der Waals surface area contributed by atoms with Crippen LogP contribution in [0.4, 0.5) is 0 Å². The number of carbonyl (C=O) groups excluding carboxylic acids is 1. The van der Waals surface area contributed by atoms with E-state index in [1.165, 1.54) is 0 Å². The SMILES string of the molecule is CCCCOC(=O)Cn1ccc(CO)c1. The van der Waals surface area contributed by atoms with Crippen LogP contribution in [0.5, 0.6) is 0 Å². The van der Waals surface area contributed by atoms with E-state index in [0.717, 1.165) is 18.4 Å². The Morgan fingerprint density at radius 3 is 3.00 bits per heavy atom. The van der Waals surface area contributed by atoms with Crippen LogP contribution in [0.1, 0.15) is 25.3 Å². The summed E-state index contributed by atoms with van der Waals surface area (Å²) in [5.41, 5.74) is 0.802. The molecule has 0 aliphatic carbocycles. The maximum atomic E-state index is 11.3. The number of ether oxygens (including phenoxy) is 1. The van der Waals surface area contributed by atoms with Crippen LogP contribution >= 0.6 is 0 Å². The standard InChI is InChI=1S/C11H17NO3/c1-2-3-6-15-11(14)8-12-5-4-10(7-12)9-13/h4-5,7,13H,2-3,6,8-9H2,1H3. The Morgan fingerprint density at radius 1 is 1.60 bits per heavy atom. The van der Waals surface area contributed by atoms with Crippen molar-refractivity contribution in [2.24, 2.45) is 0 Å². The quantitative estimate of drug-likeness (QED) is 0.570. The molecule has 15 heavy (non-hydrogen) atoms. The van der Waals surface area contributed by atoms with Gasteiger partial charge in [-0.2, -0.15) is 0 Å². The lowest BCUT2D eigenvalue weighted by Crippen LogP contribution is -2.12. The fraction of sp³-hybridized carbons (Fsp3) is 0.545. The number of carbonyl (C=O) groups is 1. The highest BCUT2D eigenvalue weighted by Crippen LogP contribution is 2.01. The molecular formula is C11H17NO3. The number of nitrogens with zero attached hydrogens (tertiary/aromatic N) is 1. The summed E-state index contributed by atoms with van der Waals surface area (Å²) >= 11 is 0. The Kier molecular flexibility index (Phi) is 4.90. The molecule has 1 heterocycles. The van der Waals surface area contributed by atoms with Crippen molar-refractivity contribution in [1.82, 2.24) is 4.57 Å². The van der Waals surface area contributed by atoms with E-state index in [1.807, 2.05) is 6.92 Å². The second-order valence-electron chi connectivity index (χ2n) is 3.42. The molecular weight excluding hydrogens is 194 g/mol. The molecule has 0 aromatic carbocycles. The number of aliphatic hydroxyl groups is 1. The van der Waals surface area contributed by atoms with Crippen molar-refractivity contribution in [1.29, 1.82) is 0 Å². The van der Waals surface area contributed by atoms with Crippen LogP contribution in [0.25, 0.3) is 0 Å². The fourth-order valence-electron chi connectivity index (χ4n) is 1.21. The minimum atomic E-state index is -0.233. The molecule has 1 aromatic heterocycles. The van der Waals surface area contributed by atoms with E-state index in [1.54, 1.807) is 23.0 Å². The smallest absolute Gasteiger partial charge is 0.325 e. The number of aromatic nitrogens is 1. The molecule has 0 saturated heterocycles. The van der Waals surface area contributed by atoms with Gasteiger partial charge in [0.25, 0.3) is 0 Å². The minimum absolute atomic E-state index is 0.00210. The number of rotatable bonds is 6. The summed E-state index contributed by atoms with van der Waals surface area (Å²) < 4.78 is 6.72. The van der Waals surface area contributed by atoms with Crippen LogP contribution in [-0.4, -0.2) is 22.2 Å². The number of hydrogen-bond acceptors (Lipinski definition) is 3. The second kappa shape index (κ2) is 6.24. The van der Waals surface area contributed by atoms with Crippen molar-refractivity contribution < 1.29 is 14.6 Å². The zero-order valence-corrected chi connectivity index (χ0v) is 8.98. The van der Waals surface area contributed by atoms with Crippen molar-refractivity contribution in [3.63, 3.8) is 0 Å². The largest absolute Gasteiger partial charge is 0.464 e. The van der Waals surface area contributed by atoms with Gasteiger partial charge in [-0.3, -0.25) is 4.79 Å². The van der Waals surface area contributed by atoms with Gasteiger partial charge in [0.15, 0.2) is 0 Å². The average molecular weight is 211 g/mol. The van der Waals surface area contributed by atoms with Crippen LogP contribution in [0, 0.1) is 0 Å². The first-order chi connectivity index (χ1) is 7.26. The van der Waals surface area contributed by atoms with Gasteiger partial charge in [0.2, 0.25) is 0 Å². The number of hydrogen-bond donors (Lipinski definition) is 1. The molecule has 4 nitrogen and oxygen atoms in total. The van der Waals surface area contributed by atoms with E-state index < -0.39 is 0 Å². The molecule has 0 saturated carbocycles. The van der Waals surface area contributed by atoms with Crippen LogP contribution < -0.4 is 0 Å². The van der Waals surface area contributed by atoms with E-state index in [9.17, 15) is 4.79 Å². The van der Waals surface area contributed by atoms with E-state index in [4.69, 9.17) is 9.84 Å². The normalized spacial score (nSPS) is 10.3. The van der Waals surface area contributed by atoms with Crippen LogP contribution in [0.3, 0.4) is 0 Å². The first kappa shape index (κ1) is 11.8. The summed E-state index contributed by atoms with van der Waals surface area (Å²) in [6, 6.07) is 1.78. The minimum Gasteiger partial charge on any atom is -0.464 e. The van der Waals surface area contributed by atoms with Gasteiger partial charge in [-0.1, -0.05) is 13.3 Å². The number of esters is 1. The Balaban J connectivity index is 2.31. The molecule has 0 radical (unpaired) electrons. The molecule has 0 bridgehead atoms. The highest BCUT2D eigenvalue weighted by molar-refractivity contribution is 5.69. The Morgan fingerprint density at radius 2 is 2.40 bits per heavy atom. The van der Waals surface area contributed by atoms with E-state index in [0.29, 0.717) is 6.61 Å². The molecule has 0 atom stereocenters. The van der Waals surface area contributed by atoms with Crippen LogP contribution in [0.15, 0.2) is 18.5 Å². The van der Waals surface area contributed by atoms with Gasteiger partial charge in [0, 0.05) is 12.4 Å². The molecule has 0 unspecified atom stereocenters. The molecule has 1 N–H and O–H groups in total. The summed E-state index contributed by atoms with van der Waals surface area (Å²) in [6.07, 6.45) is 5.42. The second-order valence-corrected chi connectivity index (χ2v) is 3.42. The Labute approximate surface area is 89.5 Å². The van der Waals surface area contributed by atoms with Crippen LogP contribution in [-0.2, 0) is 22.7 Å². The number of unbranched alkanes of at least 4 members (excludes halogenated alkanes) is 1. The van der Waals surface area contributed by atoms with Gasteiger partial charge in [-0.25, -0.2) is 0 Å². The third-order valence-electron chi connectivity index (χ3n) is 2.07. The predicted molar refractivity (Wildman–Crippen MR) is 56.2 cm³/mol. The van der Waals surface area contributed by atoms with Crippen LogP contribution in [0.2, 0.25) is 0 Å². The summed E-state index contributed by atoms with van der Waals surface area (Å²) in [6.45, 7) is 2.75. The molecule has 84 valence electrons. The zero-order valence-electron chi connectivity index (χ0n) is 8.98. The molecule has 0 aliphatic rings. The van der Waals surface area contributed by atoms with Gasteiger partial charge in [-0.15, -0.1) is 0 Å². The Hall–Kier alpha value is -1.29. The molecule has 0 fully saturated rings. The molecule has 0 spiro atoms. The van der Waals surface area contributed by atoms with Gasteiger partial charge in [0.05, 0.1) is 13.2 Å². The molecule has 4 heteroatoms. The first-order valence-electron chi connectivity index (χ1n) is 5.17. The molecule has 1 rings (SSSR count). The third kappa shape index (κ3) is 4.16. The van der Waals surface area contributed by atoms with Crippen molar-refractivity contribution in [2.45, 2.75) is 32.9 Å². The zero-order chi connectivity index (χ0) is 11.1. The molecule has 0 amide bonds. The highest BCUT2D eigenvalue weighted by Gasteiger charge is 2.03. The van der Waals surface area contributed by atoms with E-state index in [-0.39, 0.29) is 19.1 Å². The van der Waals surface area contributed by atoms with Gasteiger partial charge in [-0.05, 0) is 18.1 Å². The Bertz CT molecular complexity index is 307. The van der Waals surface area contributed by atoms with Gasteiger partial charge >= 0.3 is 5.97 Å². The predicted octanol–water partition coefficient (Wildman–Crippen LogP) is 1.32.